The van der Waals surface area contributed by atoms with Crippen LogP contribution in [0.15, 0.2) is 0 Å². The third kappa shape index (κ3) is 95.0. The van der Waals surface area contributed by atoms with Crippen molar-refractivity contribution in [1.29, 1.82) is 0 Å². The second-order valence-electron chi connectivity index (χ2n) is 7.10. The van der Waals surface area contributed by atoms with Gasteiger partial charge in [-0.1, -0.05) is 0 Å². The summed E-state index contributed by atoms with van der Waals surface area (Å²) in [6, 6.07) is 1.56. The number of quaternary nitrogens is 4. The molecule has 30 nitrogen and oxygen atoms in total. The van der Waals surface area contributed by atoms with Crippen molar-refractivity contribution in [3.05, 3.63) is 0 Å². The zero-order valence-corrected chi connectivity index (χ0v) is 41.7. The minimum Gasteiger partial charge on any atom is -2.00 e. The topological polar surface area (TPSA) is 805 Å². The van der Waals surface area contributed by atoms with E-state index in [0.29, 0.717) is 0 Å². The molecule has 6 saturated heterocycles. The molecule has 0 aliphatic carbocycles. The van der Waals surface area contributed by atoms with Gasteiger partial charge in [-0.25, -0.2) is 0 Å². The van der Waals surface area contributed by atoms with E-state index < -0.39 is 0 Å². The molecular formula is C14H32Mo8N4O26-48. The van der Waals surface area contributed by atoms with Crippen LogP contribution >= 0.6 is 0 Å². The molecule has 38 heteroatoms. The summed E-state index contributed by atoms with van der Waals surface area (Å²) in [6.45, 7) is 8.41. The monoisotopic (exact) mass is 1460 g/mol. The molecular weight excluding hydrogens is 1410 g/mol. The summed E-state index contributed by atoms with van der Waals surface area (Å²) in [4.78, 5) is 3.61. The molecule has 52 heavy (non-hydrogen) atoms. The van der Waals surface area contributed by atoms with E-state index in [1.807, 2.05) is 0 Å². The van der Waals surface area contributed by atoms with Crippen molar-refractivity contribution >= 4 is 0 Å². The Bertz CT molecular complexity index is 314. The van der Waals surface area contributed by atoms with Gasteiger partial charge in [-0.2, -0.15) is 0 Å². The van der Waals surface area contributed by atoms with Crippen molar-refractivity contribution in [2.24, 2.45) is 11.8 Å². The molecule has 2 atom stereocenters. The summed E-state index contributed by atoms with van der Waals surface area (Å²) in [5, 5.41) is 0. The van der Waals surface area contributed by atoms with Crippen molar-refractivity contribution < 1.29 is 332 Å². The standard InChI is InChI=1S/2C7H14N2.8Mo.26O/c2*8-7-5-9-3-1-6(7)2-4-9;;;;;;;;;;;;;;;;;;;;;;;;;;;;;;;;;;/h2*6-7H,1-5,8H2;;;;;;;;;;;;;;;;;;;;;;;;;;;;;;;;;;/q;;;;;;;;;;26*-2/p+4/t2*7-;;;;;;;;;;;;;;;;;;;;;;;;;;;;;;;;;;/m00................................../s1. The Morgan fingerprint density at radius 1 is 0.250 bits per heavy atom. The first-order valence-electron chi connectivity index (χ1n) is 8.05. The molecule has 6 fully saturated rings. The SMILES string of the molecule is [Mo].[Mo].[Mo].[Mo].[Mo].[Mo].[Mo].[Mo].[NH3+][C@H]1C[NH+]2CCC1CC2.[NH3+][C@H]1C[NH+]2CCC1CC2.[O-2].[O-2].[O-2].[O-2].[O-2].[O-2].[O-2].[O-2].[O-2].[O-2].[O-2].[O-2].[O-2].[O-2].[O-2].[O-2].[O-2].[O-2].[O-2].[O-2].[O-2].[O-2].[O-2].[O-2].[O-2].[O-2]. The van der Waals surface area contributed by atoms with Crippen LogP contribution in [0.1, 0.15) is 25.7 Å². The molecule has 6 rings (SSSR count). The van der Waals surface area contributed by atoms with Crippen LogP contribution in [0.3, 0.4) is 0 Å². The smallest absolute Gasteiger partial charge is 0.137 e. The fourth-order valence-electron chi connectivity index (χ4n) is 4.52. The largest absolute Gasteiger partial charge is 2.00 e. The van der Waals surface area contributed by atoms with Crippen LogP contribution < -0.4 is 21.3 Å². The molecule has 0 radical (unpaired) electrons. The second-order valence-corrected chi connectivity index (χ2v) is 7.10. The molecule has 0 unspecified atom stereocenters. The van der Waals surface area contributed by atoms with Crippen LogP contribution in [-0.4, -0.2) is 51.4 Å². The number of hydrogen-bond acceptors (Lipinski definition) is 0. The Morgan fingerprint density at radius 3 is 0.404 bits per heavy atom. The Kier molecular flexibility index (Phi) is 876. The predicted molar refractivity (Wildman–Crippen MR) is 87.8 cm³/mol. The van der Waals surface area contributed by atoms with Gasteiger partial charge in [0.25, 0.3) is 0 Å². The molecule has 0 aromatic carbocycles. The number of nitrogens with one attached hydrogen (secondary N) is 2. The van der Waals surface area contributed by atoms with Crippen LogP contribution in [-0.2, 0) is 311 Å². The van der Waals surface area contributed by atoms with Gasteiger partial charge in [0.2, 0.25) is 0 Å². The third-order valence-electron chi connectivity index (χ3n) is 5.91. The van der Waals surface area contributed by atoms with E-state index in [-0.39, 0.29) is 311 Å². The van der Waals surface area contributed by atoms with Gasteiger partial charge < -0.3 is 164 Å². The number of fused-ring (bicyclic) bond motifs is 6. The van der Waals surface area contributed by atoms with E-state index >= 15 is 0 Å². The molecule has 6 heterocycles. The van der Waals surface area contributed by atoms with Gasteiger partial charge >= 0.3 is 0 Å². The van der Waals surface area contributed by atoms with Crippen molar-refractivity contribution in [1.82, 2.24) is 0 Å². The number of rotatable bonds is 0. The van der Waals surface area contributed by atoms with Gasteiger partial charge in [-0.15, -0.1) is 0 Å². The van der Waals surface area contributed by atoms with Crippen LogP contribution in [0, 0.1) is 11.8 Å². The van der Waals surface area contributed by atoms with E-state index in [4.69, 9.17) is 0 Å². The van der Waals surface area contributed by atoms with Crippen LogP contribution in [0.5, 0.6) is 0 Å². The van der Waals surface area contributed by atoms with Crippen LogP contribution in [0.25, 0.3) is 0 Å². The minimum absolute atomic E-state index is 0. The van der Waals surface area contributed by atoms with E-state index in [0.717, 1.165) is 23.9 Å². The maximum atomic E-state index is 4.16. The Balaban J connectivity index is -0.00000000310. The van der Waals surface area contributed by atoms with Crippen molar-refractivity contribution in [3.63, 3.8) is 0 Å². The third-order valence-corrected chi connectivity index (χ3v) is 5.91. The first kappa shape index (κ1) is 292. The number of piperidine rings is 6. The van der Waals surface area contributed by atoms with Gasteiger partial charge in [0, 0.05) is 206 Å². The van der Waals surface area contributed by atoms with Gasteiger partial charge in [-0.3, -0.25) is 0 Å². The zero-order valence-electron chi connectivity index (χ0n) is 25.7. The molecule has 8 N–H and O–H groups in total. The molecule has 4 bridgehead atoms. The first-order chi connectivity index (χ1) is 8.72. The summed E-state index contributed by atoms with van der Waals surface area (Å²) in [7, 11) is 0. The average molecular weight is 1440 g/mol. The summed E-state index contributed by atoms with van der Waals surface area (Å²) >= 11 is 0. The van der Waals surface area contributed by atoms with Gasteiger partial charge in [0.15, 0.2) is 0 Å². The Labute approximate surface area is 416 Å². The van der Waals surface area contributed by atoms with E-state index in [1.165, 1.54) is 65.0 Å². The molecule has 0 spiro atoms. The summed E-state index contributed by atoms with van der Waals surface area (Å²) in [5.74, 6) is 1.98. The zero-order chi connectivity index (χ0) is 12.5. The Morgan fingerprint density at radius 2 is 0.365 bits per heavy atom. The number of hydrogen-bond donors (Lipinski definition) is 4. The van der Waals surface area contributed by atoms with Crippen LogP contribution in [0.4, 0.5) is 0 Å². The Hall–Kier alpha value is 4.31. The van der Waals surface area contributed by atoms with Gasteiger partial charge in [-0.05, 0) is 0 Å². The fourth-order valence-corrected chi connectivity index (χ4v) is 4.52. The molecule has 6 aliphatic heterocycles. The van der Waals surface area contributed by atoms with Crippen molar-refractivity contribution in [3.8, 4) is 0 Å². The molecule has 0 saturated carbocycles. The second kappa shape index (κ2) is 156. The molecule has 360 valence electrons. The fraction of sp³-hybridized carbons (Fsp3) is 1.00. The first-order valence-corrected chi connectivity index (χ1v) is 8.05. The molecule has 6 aliphatic rings. The summed E-state index contributed by atoms with van der Waals surface area (Å²) in [6.07, 6.45) is 5.79. The maximum Gasteiger partial charge on any atom is 0.137 e. The van der Waals surface area contributed by atoms with Gasteiger partial charge in [0.05, 0.1) is 26.2 Å². The molecule has 0 amide bonds. The minimum atomic E-state index is 0. The van der Waals surface area contributed by atoms with Crippen molar-refractivity contribution in [2.75, 3.05) is 39.3 Å². The van der Waals surface area contributed by atoms with Gasteiger partial charge in [0.1, 0.15) is 25.2 Å². The molecule has 0 aromatic heterocycles. The van der Waals surface area contributed by atoms with E-state index in [9.17, 15) is 0 Å². The summed E-state index contributed by atoms with van der Waals surface area (Å²) < 4.78 is 0. The average Bonchev–Trinajstić information content (AvgIpc) is 2.41. The van der Waals surface area contributed by atoms with E-state index in [2.05, 4.69) is 11.5 Å². The predicted octanol–water partition coefficient (Wildman–Crippen LogP) is -7.30. The normalized spacial score (nSPS) is 17.2. The molecule has 0 aromatic rings. The summed E-state index contributed by atoms with van der Waals surface area (Å²) in [5.41, 5.74) is 8.32. The van der Waals surface area contributed by atoms with Crippen molar-refractivity contribution in [2.45, 2.75) is 37.8 Å². The van der Waals surface area contributed by atoms with Crippen LogP contribution in [0.2, 0.25) is 0 Å². The van der Waals surface area contributed by atoms with E-state index in [1.54, 1.807) is 9.80 Å². The maximum absolute atomic E-state index is 4.16. The quantitative estimate of drug-likeness (QED) is 0.164.